The lowest BCUT2D eigenvalue weighted by atomic mass is 10.2. The number of carbonyl (C=O) groups is 1. The number of nitrogens with zero attached hydrogens (tertiary/aromatic N) is 2. The van der Waals surface area contributed by atoms with Crippen molar-refractivity contribution in [2.24, 2.45) is 0 Å². The molecule has 1 aromatic carbocycles. The summed E-state index contributed by atoms with van der Waals surface area (Å²) in [5.41, 5.74) is 0.464. The highest BCUT2D eigenvalue weighted by Crippen LogP contribution is 2.28. The van der Waals surface area contributed by atoms with Crippen LogP contribution in [0.3, 0.4) is 0 Å². The van der Waals surface area contributed by atoms with Crippen LogP contribution in [0.2, 0.25) is 5.02 Å². The van der Waals surface area contributed by atoms with Gasteiger partial charge in [0, 0.05) is 17.2 Å². The average molecular weight is 294 g/mol. The van der Waals surface area contributed by atoms with Gasteiger partial charge in [-0.25, -0.2) is 0 Å². The van der Waals surface area contributed by atoms with Gasteiger partial charge in [-0.2, -0.15) is 0 Å². The van der Waals surface area contributed by atoms with Crippen molar-refractivity contribution in [3.8, 4) is 0 Å². The molecule has 104 valence electrons. The Bertz CT molecular complexity index is 606. The number of aromatic nitrogens is 2. The lowest BCUT2D eigenvalue weighted by Crippen LogP contribution is -2.11. The van der Waals surface area contributed by atoms with Crippen LogP contribution < -0.4 is 5.32 Å². The molecule has 1 aliphatic heterocycles. The monoisotopic (exact) mass is 293 g/mol. The minimum Gasteiger partial charge on any atom is -0.405 e. The zero-order valence-corrected chi connectivity index (χ0v) is 11.3. The van der Waals surface area contributed by atoms with E-state index in [1.807, 2.05) is 0 Å². The molecule has 1 amide bonds. The minimum atomic E-state index is -0.329. The summed E-state index contributed by atoms with van der Waals surface area (Å²) < 4.78 is 10.8. The van der Waals surface area contributed by atoms with E-state index < -0.39 is 0 Å². The highest BCUT2D eigenvalue weighted by molar-refractivity contribution is 6.30. The zero-order valence-electron chi connectivity index (χ0n) is 10.5. The van der Waals surface area contributed by atoms with E-state index in [-0.39, 0.29) is 18.0 Å². The Labute approximate surface area is 120 Å². The van der Waals surface area contributed by atoms with Crippen molar-refractivity contribution in [2.45, 2.75) is 18.9 Å². The van der Waals surface area contributed by atoms with E-state index in [4.69, 9.17) is 20.8 Å². The fourth-order valence-electron chi connectivity index (χ4n) is 1.96. The van der Waals surface area contributed by atoms with Gasteiger partial charge in [-0.1, -0.05) is 16.7 Å². The Hall–Kier alpha value is -1.92. The molecule has 1 atom stereocenters. The molecule has 1 unspecified atom stereocenters. The molecule has 1 fully saturated rings. The molecule has 7 heteroatoms. The van der Waals surface area contributed by atoms with Crippen LogP contribution in [-0.2, 0) is 4.74 Å². The van der Waals surface area contributed by atoms with E-state index in [2.05, 4.69) is 15.5 Å². The second-order valence-corrected chi connectivity index (χ2v) is 4.84. The number of halogens is 1. The topological polar surface area (TPSA) is 77.2 Å². The van der Waals surface area contributed by atoms with Crippen molar-refractivity contribution in [3.05, 3.63) is 40.7 Å². The quantitative estimate of drug-likeness (QED) is 0.941. The van der Waals surface area contributed by atoms with Gasteiger partial charge in [0.15, 0.2) is 0 Å². The van der Waals surface area contributed by atoms with Crippen LogP contribution in [-0.4, -0.2) is 22.7 Å². The molecule has 0 spiro atoms. The first-order chi connectivity index (χ1) is 9.72. The van der Waals surface area contributed by atoms with Crippen LogP contribution in [0.5, 0.6) is 0 Å². The first-order valence-electron chi connectivity index (χ1n) is 6.24. The molecule has 20 heavy (non-hydrogen) atoms. The number of anilines is 1. The lowest BCUT2D eigenvalue weighted by molar-refractivity contribution is 0.0893. The van der Waals surface area contributed by atoms with Crippen LogP contribution in [0.1, 0.15) is 35.2 Å². The summed E-state index contributed by atoms with van der Waals surface area (Å²) in [6.07, 6.45) is 1.66. The molecule has 1 N–H and O–H groups in total. The van der Waals surface area contributed by atoms with Crippen LogP contribution in [0, 0.1) is 0 Å². The van der Waals surface area contributed by atoms with Crippen LogP contribution in [0.15, 0.2) is 28.7 Å². The maximum absolute atomic E-state index is 11.9. The number of carbonyl (C=O) groups excluding carboxylic acids is 1. The predicted molar refractivity (Wildman–Crippen MR) is 71.6 cm³/mol. The Morgan fingerprint density at radius 3 is 2.80 bits per heavy atom. The number of rotatable bonds is 3. The SMILES string of the molecule is O=C(Nc1nnc(C2CCCO2)o1)c1ccc(Cl)cc1. The van der Waals surface area contributed by atoms with Gasteiger partial charge < -0.3 is 9.15 Å². The molecule has 0 aliphatic carbocycles. The number of benzene rings is 1. The number of ether oxygens (including phenoxy) is 1. The normalized spacial score (nSPS) is 18.1. The van der Waals surface area contributed by atoms with Gasteiger partial charge in [0.1, 0.15) is 6.10 Å². The number of hydrogen-bond acceptors (Lipinski definition) is 5. The van der Waals surface area contributed by atoms with Crippen LogP contribution >= 0.6 is 11.6 Å². The maximum Gasteiger partial charge on any atom is 0.322 e. The predicted octanol–water partition coefficient (Wildman–Crippen LogP) is 2.83. The van der Waals surface area contributed by atoms with E-state index in [9.17, 15) is 4.79 Å². The van der Waals surface area contributed by atoms with Crippen LogP contribution in [0.4, 0.5) is 6.01 Å². The van der Waals surface area contributed by atoms with Crippen molar-refractivity contribution in [1.29, 1.82) is 0 Å². The Balaban J connectivity index is 1.68. The average Bonchev–Trinajstić information content (AvgIpc) is 3.09. The molecule has 3 rings (SSSR count). The third-order valence-electron chi connectivity index (χ3n) is 2.97. The van der Waals surface area contributed by atoms with Crippen molar-refractivity contribution in [1.82, 2.24) is 10.2 Å². The van der Waals surface area contributed by atoms with Gasteiger partial charge >= 0.3 is 6.01 Å². The fraction of sp³-hybridized carbons (Fsp3) is 0.308. The van der Waals surface area contributed by atoms with E-state index in [0.29, 0.717) is 23.1 Å². The second-order valence-electron chi connectivity index (χ2n) is 4.41. The molecule has 2 heterocycles. The molecule has 0 saturated carbocycles. The summed E-state index contributed by atoms with van der Waals surface area (Å²) in [6, 6.07) is 6.59. The molecule has 0 radical (unpaired) electrons. The molecular formula is C13H12ClN3O3. The lowest BCUT2D eigenvalue weighted by Gasteiger charge is -2.02. The highest BCUT2D eigenvalue weighted by atomic mass is 35.5. The zero-order chi connectivity index (χ0) is 13.9. The summed E-state index contributed by atoms with van der Waals surface area (Å²) in [5.74, 6) is 0.0677. The van der Waals surface area contributed by atoms with Crippen molar-refractivity contribution in [2.75, 3.05) is 11.9 Å². The molecule has 0 bridgehead atoms. The van der Waals surface area contributed by atoms with Crippen molar-refractivity contribution < 1.29 is 13.9 Å². The first kappa shape index (κ1) is 13.1. The Morgan fingerprint density at radius 1 is 1.30 bits per heavy atom. The Morgan fingerprint density at radius 2 is 2.10 bits per heavy atom. The van der Waals surface area contributed by atoms with Crippen molar-refractivity contribution in [3.63, 3.8) is 0 Å². The molecule has 1 aliphatic rings. The molecule has 1 aromatic heterocycles. The van der Waals surface area contributed by atoms with E-state index >= 15 is 0 Å². The largest absolute Gasteiger partial charge is 0.405 e. The molecular weight excluding hydrogens is 282 g/mol. The maximum atomic E-state index is 11.9. The van der Waals surface area contributed by atoms with Gasteiger partial charge in [-0.05, 0) is 37.1 Å². The summed E-state index contributed by atoms with van der Waals surface area (Å²) in [5, 5.41) is 10.8. The summed E-state index contributed by atoms with van der Waals surface area (Å²) in [6.45, 7) is 0.694. The summed E-state index contributed by atoms with van der Waals surface area (Å²) in [4.78, 5) is 11.9. The van der Waals surface area contributed by atoms with E-state index in [1.165, 1.54) is 0 Å². The third-order valence-corrected chi connectivity index (χ3v) is 3.22. The van der Waals surface area contributed by atoms with E-state index in [1.54, 1.807) is 24.3 Å². The highest BCUT2D eigenvalue weighted by Gasteiger charge is 2.24. The molecule has 2 aromatic rings. The van der Waals surface area contributed by atoms with E-state index in [0.717, 1.165) is 12.8 Å². The first-order valence-corrected chi connectivity index (χ1v) is 6.62. The van der Waals surface area contributed by atoms with Crippen LogP contribution in [0.25, 0.3) is 0 Å². The van der Waals surface area contributed by atoms with Crippen molar-refractivity contribution >= 4 is 23.5 Å². The van der Waals surface area contributed by atoms with Gasteiger partial charge in [-0.15, -0.1) is 5.10 Å². The number of nitrogens with one attached hydrogen (secondary N) is 1. The number of hydrogen-bond donors (Lipinski definition) is 1. The second kappa shape index (κ2) is 5.60. The number of amides is 1. The standard InChI is InChI=1S/C13H12ClN3O3/c14-9-5-3-8(4-6-9)11(18)15-13-17-16-12(20-13)10-2-1-7-19-10/h3-6,10H,1-2,7H2,(H,15,17,18). The summed E-state index contributed by atoms with van der Waals surface area (Å²) in [7, 11) is 0. The molecule has 6 nitrogen and oxygen atoms in total. The molecule has 1 saturated heterocycles. The van der Waals surface area contributed by atoms with Gasteiger partial charge in [0.05, 0.1) is 0 Å². The van der Waals surface area contributed by atoms with Gasteiger partial charge in [-0.3, -0.25) is 10.1 Å². The summed E-state index contributed by atoms with van der Waals surface area (Å²) >= 11 is 5.77. The van der Waals surface area contributed by atoms with Gasteiger partial charge in [0.25, 0.3) is 5.91 Å². The smallest absolute Gasteiger partial charge is 0.322 e. The Kier molecular flexibility index (Phi) is 3.66. The fourth-order valence-corrected chi connectivity index (χ4v) is 2.08. The third kappa shape index (κ3) is 2.81. The minimum absolute atomic E-state index is 0.0652. The van der Waals surface area contributed by atoms with Gasteiger partial charge in [0.2, 0.25) is 5.89 Å².